The molecule has 0 aromatic rings. The van der Waals surface area contributed by atoms with Crippen LogP contribution < -0.4 is 0 Å². The summed E-state index contributed by atoms with van der Waals surface area (Å²) in [5.41, 5.74) is 0.0103. The van der Waals surface area contributed by atoms with E-state index in [4.69, 9.17) is 9.22 Å². The maximum absolute atomic E-state index is 11.6. The highest BCUT2D eigenvalue weighted by Crippen LogP contribution is 2.42. The molecule has 106 valence electrons. The van der Waals surface area contributed by atoms with Crippen LogP contribution in [0, 0.1) is 23.7 Å². The lowest BCUT2D eigenvalue weighted by Gasteiger charge is -2.39. The number of ketones is 1. The molecular formula is C15H22O4. The molecule has 0 aromatic carbocycles. The van der Waals surface area contributed by atoms with Gasteiger partial charge in [0.2, 0.25) is 0 Å². The average molecular weight is 270 g/mol. The smallest absolute Gasteiger partial charge is 0.331 e. The molecule has 19 heavy (non-hydrogen) atoms. The van der Waals surface area contributed by atoms with Gasteiger partial charge in [-0.1, -0.05) is 13.5 Å². The summed E-state index contributed by atoms with van der Waals surface area (Å²) in [6, 6.07) is 0. The van der Waals surface area contributed by atoms with E-state index < -0.39 is 30.4 Å². The molecule has 1 aliphatic rings. The minimum atomic E-state index is -2.63. The third kappa shape index (κ3) is 3.75. The predicted molar refractivity (Wildman–Crippen MR) is 71.6 cm³/mol. The number of hydrogen-bond donors (Lipinski definition) is 1. The van der Waals surface area contributed by atoms with Gasteiger partial charge >= 0.3 is 5.97 Å². The summed E-state index contributed by atoms with van der Waals surface area (Å²) < 4.78 is 21.3. The molecule has 1 aliphatic carbocycles. The first kappa shape index (κ1) is 11.4. The van der Waals surface area contributed by atoms with Crippen molar-refractivity contribution >= 4 is 18.0 Å². The van der Waals surface area contributed by atoms with Gasteiger partial charge in [0.1, 0.15) is 12.1 Å². The summed E-state index contributed by atoms with van der Waals surface area (Å²) in [4.78, 5) is 34.1. The minimum Gasteiger partial charge on any atom is -0.478 e. The van der Waals surface area contributed by atoms with Gasteiger partial charge in [0.25, 0.3) is 0 Å². The van der Waals surface area contributed by atoms with E-state index in [-0.39, 0.29) is 30.3 Å². The van der Waals surface area contributed by atoms with Crippen molar-refractivity contribution < 1.29 is 23.6 Å². The Bertz CT molecular complexity index is 470. The second-order valence-electron chi connectivity index (χ2n) is 5.33. The maximum atomic E-state index is 11.6. The predicted octanol–water partition coefficient (Wildman–Crippen LogP) is 2.47. The Balaban J connectivity index is 2.85. The van der Waals surface area contributed by atoms with Crippen LogP contribution >= 0.6 is 0 Å². The molecule has 0 radical (unpaired) electrons. The molecule has 4 atom stereocenters. The van der Waals surface area contributed by atoms with Crippen LogP contribution in [0.1, 0.15) is 43.6 Å². The van der Waals surface area contributed by atoms with Crippen LogP contribution in [0.5, 0.6) is 0 Å². The van der Waals surface area contributed by atoms with Crippen molar-refractivity contribution in [1.82, 2.24) is 0 Å². The van der Waals surface area contributed by atoms with E-state index in [1.807, 2.05) is 6.92 Å². The van der Waals surface area contributed by atoms with Crippen molar-refractivity contribution in [3.05, 3.63) is 12.2 Å². The Morgan fingerprint density at radius 3 is 2.68 bits per heavy atom. The zero-order valence-electron chi connectivity index (χ0n) is 14.1. The number of hydrogen-bond acceptors (Lipinski definition) is 3. The van der Waals surface area contributed by atoms with Gasteiger partial charge in [-0.05, 0) is 38.0 Å². The topological polar surface area (TPSA) is 71.4 Å². The van der Waals surface area contributed by atoms with Crippen LogP contribution in [0.25, 0.3) is 0 Å². The van der Waals surface area contributed by atoms with Crippen LogP contribution in [0.4, 0.5) is 0 Å². The molecule has 0 unspecified atom stereocenters. The first-order valence-corrected chi connectivity index (χ1v) is 6.50. The first-order valence-electron chi connectivity index (χ1n) is 8.00. The van der Waals surface area contributed by atoms with E-state index >= 15 is 0 Å². The summed E-state index contributed by atoms with van der Waals surface area (Å²) in [6.45, 7) is 2.87. The van der Waals surface area contributed by atoms with Crippen LogP contribution in [-0.2, 0) is 14.4 Å². The highest BCUT2D eigenvalue weighted by molar-refractivity contribution is 5.87. The number of carbonyl (C=O) groups is 3. The number of carboxylic acid groups (broad SMARTS) is 1. The first-order chi connectivity index (χ1) is 10.1. The molecule has 4 heteroatoms. The standard InChI is InChI=1S/C15H22O4/c1-9-4-6-13(11(3)15(18)19)14(8-16)12(9)7-5-10(2)17/h8-9,12-14H,3-7H2,1-2H3,(H,18,19)/t9-,12+,13+,14-/m1/s1/i2+1D3. The monoisotopic (exact) mass is 270 g/mol. The van der Waals surface area contributed by atoms with Crippen LogP contribution in [0.3, 0.4) is 0 Å². The lowest BCUT2D eigenvalue weighted by molar-refractivity contribution is -0.134. The van der Waals surface area contributed by atoms with Crippen molar-refractivity contribution in [2.45, 2.75) is 39.5 Å². The molecule has 1 N–H and O–H groups in total. The van der Waals surface area contributed by atoms with Gasteiger partial charge in [-0.15, -0.1) is 0 Å². The van der Waals surface area contributed by atoms with Crippen LogP contribution in [0.2, 0.25) is 0 Å². The summed E-state index contributed by atoms with van der Waals surface area (Å²) in [6.07, 6.45) is 2.19. The highest BCUT2D eigenvalue weighted by atomic mass is 16.4. The van der Waals surface area contributed by atoms with Gasteiger partial charge < -0.3 is 14.7 Å². The summed E-state index contributed by atoms with van der Waals surface area (Å²) in [5, 5.41) is 9.08. The molecule has 0 saturated heterocycles. The zero-order valence-corrected chi connectivity index (χ0v) is 11.1. The second-order valence-corrected chi connectivity index (χ2v) is 5.33. The van der Waals surface area contributed by atoms with Crippen LogP contribution in [-0.4, -0.2) is 23.1 Å². The molecular weight excluding hydrogens is 245 g/mol. The Labute approximate surface area is 118 Å². The van der Waals surface area contributed by atoms with E-state index in [1.165, 1.54) is 0 Å². The van der Waals surface area contributed by atoms with Gasteiger partial charge in [-0.2, -0.15) is 0 Å². The SMILES string of the molecule is [2H][13C]([2H])([2H])C(=O)CC[C@@H]1[C@@H](C=O)[C@H](C(=C)C(=O)O)CC[C@H]1C. The van der Waals surface area contributed by atoms with E-state index in [2.05, 4.69) is 6.58 Å². The van der Waals surface area contributed by atoms with Crippen molar-refractivity contribution in [1.29, 1.82) is 0 Å². The number of carbonyl (C=O) groups excluding carboxylic acids is 2. The Kier molecular flexibility index (Phi) is 3.98. The Morgan fingerprint density at radius 2 is 2.16 bits per heavy atom. The fourth-order valence-electron chi connectivity index (χ4n) is 3.06. The maximum Gasteiger partial charge on any atom is 0.331 e. The molecule has 1 fully saturated rings. The molecule has 1 rings (SSSR count). The van der Waals surface area contributed by atoms with Crippen LogP contribution in [0.15, 0.2) is 12.2 Å². The van der Waals surface area contributed by atoms with E-state index in [9.17, 15) is 14.4 Å². The normalized spacial score (nSPS) is 33.6. The fourth-order valence-corrected chi connectivity index (χ4v) is 3.06. The van der Waals surface area contributed by atoms with E-state index in [0.717, 1.165) is 12.7 Å². The quantitative estimate of drug-likeness (QED) is 0.457. The van der Waals surface area contributed by atoms with Crippen molar-refractivity contribution in [3.8, 4) is 0 Å². The van der Waals surface area contributed by atoms with Gasteiger partial charge in [-0.3, -0.25) is 0 Å². The van der Waals surface area contributed by atoms with E-state index in [0.29, 0.717) is 6.42 Å². The number of Topliss-reactive ketones (excluding diaryl/α,β-unsaturated/α-hetero) is 1. The van der Waals surface area contributed by atoms with Gasteiger partial charge in [0.15, 0.2) is 0 Å². The van der Waals surface area contributed by atoms with Gasteiger partial charge in [0.05, 0.1) is 0 Å². The molecule has 0 spiro atoms. The molecule has 1 saturated carbocycles. The molecule has 0 bridgehead atoms. The third-order valence-electron chi connectivity index (χ3n) is 4.21. The second kappa shape index (κ2) is 6.64. The van der Waals surface area contributed by atoms with Gasteiger partial charge in [-0.25, -0.2) is 4.79 Å². The summed E-state index contributed by atoms with van der Waals surface area (Å²) >= 11 is 0. The molecule has 0 amide bonds. The molecule has 0 heterocycles. The molecule has 0 aliphatic heterocycles. The Hall–Kier alpha value is -1.45. The minimum absolute atomic E-state index is 0.0103. The van der Waals surface area contributed by atoms with Crippen molar-refractivity contribution in [2.75, 3.05) is 0 Å². The largest absolute Gasteiger partial charge is 0.478 e. The number of aliphatic carboxylic acids is 1. The average Bonchev–Trinajstić information content (AvgIpc) is 2.43. The summed E-state index contributed by atoms with van der Waals surface area (Å²) in [5.74, 6) is -2.97. The molecule has 0 aromatic heterocycles. The Morgan fingerprint density at radius 1 is 1.47 bits per heavy atom. The zero-order chi connectivity index (χ0) is 17.1. The number of carboxylic acids is 1. The van der Waals surface area contributed by atoms with E-state index in [1.54, 1.807) is 0 Å². The third-order valence-corrected chi connectivity index (χ3v) is 4.21. The van der Waals surface area contributed by atoms with Gasteiger partial charge in [0, 0.05) is 27.9 Å². The molecule has 4 nitrogen and oxygen atoms in total. The summed E-state index contributed by atoms with van der Waals surface area (Å²) in [7, 11) is 0. The lowest BCUT2D eigenvalue weighted by atomic mass is 9.64. The lowest BCUT2D eigenvalue weighted by Crippen LogP contribution is -2.37. The number of rotatable bonds is 6. The highest BCUT2D eigenvalue weighted by Gasteiger charge is 2.39. The fraction of sp³-hybridized carbons (Fsp3) is 0.667. The number of aldehydes is 1. The van der Waals surface area contributed by atoms with Crippen molar-refractivity contribution in [3.63, 3.8) is 0 Å². The van der Waals surface area contributed by atoms with Crippen molar-refractivity contribution in [2.24, 2.45) is 23.7 Å².